The molecule has 1 aliphatic heterocycles. The summed E-state index contributed by atoms with van der Waals surface area (Å²) < 4.78 is 29.6. The Morgan fingerprint density at radius 3 is 2.39 bits per heavy atom. The van der Waals surface area contributed by atoms with E-state index in [-0.39, 0.29) is 36.9 Å². The van der Waals surface area contributed by atoms with Gasteiger partial charge in [-0.1, -0.05) is 35.9 Å². The van der Waals surface area contributed by atoms with Crippen molar-refractivity contribution in [2.75, 3.05) is 26.9 Å². The number of ketones is 1. The number of amides is 1. The van der Waals surface area contributed by atoms with Crippen LogP contribution in [0.2, 0.25) is 5.02 Å². The minimum Gasteiger partial charge on any atom is -0.507 e. The second-order valence-corrected chi connectivity index (χ2v) is 8.95. The molecule has 0 aromatic heterocycles. The fourth-order valence-corrected chi connectivity index (χ4v) is 4.38. The number of hydrogen-bond acceptors (Lipinski definition) is 6. The molecule has 198 valence electrons. The number of aliphatic hydroxyl groups is 1. The van der Waals surface area contributed by atoms with Crippen LogP contribution in [-0.4, -0.2) is 48.6 Å². The van der Waals surface area contributed by atoms with Crippen LogP contribution in [0.5, 0.6) is 11.5 Å². The van der Waals surface area contributed by atoms with Crippen LogP contribution in [0.3, 0.4) is 0 Å². The van der Waals surface area contributed by atoms with Crippen LogP contribution >= 0.6 is 11.6 Å². The lowest BCUT2D eigenvalue weighted by Crippen LogP contribution is -2.32. The maximum absolute atomic E-state index is 13.1. The summed E-state index contributed by atoms with van der Waals surface area (Å²) in [5.41, 5.74) is 1.66. The van der Waals surface area contributed by atoms with Gasteiger partial charge in [-0.15, -0.1) is 0 Å². The van der Waals surface area contributed by atoms with E-state index in [1.54, 1.807) is 55.5 Å². The summed E-state index contributed by atoms with van der Waals surface area (Å²) in [6, 6.07) is 16.7. The lowest BCUT2D eigenvalue weighted by molar-refractivity contribution is -0.140. The predicted octanol–water partition coefficient (Wildman–Crippen LogP) is 5.52. The number of hydrogen-bond donors (Lipinski definition) is 1. The second kappa shape index (κ2) is 12.1. The van der Waals surface area contributed by atoms with Gasteiger partial charge in [0, 0.05) is 19.2 Å². The van der Waals surface area contributed by atoms with E-state index in [4.69, 9.17) is 25.8 Å². The monoisotopic (exact) mass is 539 g/mol. The molecule has 4 rings (SSSR count). The van der Waals surface area contributed by atoms with Gasteiger partial charge in [-0.2, -0.15) is 0 Å². The molecule has 0 aliphatic carbocycles. The highest BCUT2D eigenvalue weighted by Gasteiger charge is 2.45. The highest BCUT2D eigenvalue weighted by molar-refractivity contribution is 6.46. The Hall–Kier alpha value is -3.88. The first kappa shape index (κ1) is 27.2. The standard InChI is InChI=1S/C29H27ClFNO6/c1-3-37-24-16-20(8-13-23(24)30)27(33)25-26(32(14-15-36-2)29(35)28(25)34)19-6-11-22(12-7-19)38-17-18-4-9-21(31)10-5-18/h4-13,16,26,33H,3,14-15,17H2,1-2H3/b27-25-. The van der Waals surface area contributed by atoms with E-state index in [2.05, 4.69) is 0 Å². The molecule has 3 aromatic carbocycles. The van der Waals surface area contributed by atoms with Gasteiger partial charge in [-0.05, 0) is 60.5 Å². The molecule has 1 saturated heterocycles. The van der Waals surface area contributed by atoms with Gasteiger partial charge in [0.1, 0.15) is 29.7 Å². The highest BCUT2D eigenvalue weighted by atomic mass is 35.5. The smallest absolute Gasteiger partial charge is 0.295 e. The van der Waals surface area contributed by atoms with Crippen LogP contribution in [0.15, 0.2) is 72.3 Å². The van der Waals surface area contributed by atoms with Crippen LogP contribution < -0.4 is 9.47 Å². The quantitative estimate of drug-likeness (QED) is 0.207. The molecule has 1 atom stereocenters. The van der Waals surface area contributed by atoms with Crippen molar-refractivity contribution in [3.05, 3.63) is 99.8 Å². The molecular formula is C29H27ClFNO6. The van der Waals surface area contributed by atoms with Gasteiger partial charge >= 0.3 is 0 Å². The third-order valence-electron chi connectivity index (χ3n) is 6.10. The maximum Gasteiger partial charge on any atom is 0.295 e. The van der Waals surface area contributed by atoms with Crippen molar-refractivity contribution in [3.8, 4) is 11.5 Å². The van der Waals surface area contributed by atoms with Gasteiger partial charge in [0.05, 0.1) is 29.9 Å². The number of aliphatic hydroxyl groups excluding tert-OH is 1. The zero-order chi connectivity index (χ0) is 27.2. The number of carbonyl (C=O) groups excluding carboxylic acids is 2. The molecular weight excluding hydrogens is 513 g/mol. The Kier molecular flexibility index (Phi) is 8.66. The van der Waals surface area contributed by atoms with E-state index in [1.807, 2.05) is 0 Å². The Morgan fingerprint density at radius 2 is 1.74 bits per heavy atom. The Balaban J connectivity index is 1.68. The van der Waals surface area contributed by atoms with Crippen molar-refractivity contribution < 1.29 is 33.3 Å². The van der Waals surface area contributed by atoms with Crippen molar-refractivity contribution >= 4 is 29.1 Å². The molecule has 0 saturated carbocycles. The van der Waals surface area contributed by atoms with Crippen molar-refractivity contribution in [2.24, 2.45) is 0 Å². The molecule has 7 nitrogen and oxygen atoms in total. The minimum atomic E-state index is -0.845. The summed E-state index contributed by atoms with van der Waals surface area (Å²) in [6.45, 7) is 2.76. The van der Waals surface area contributed by atoms with Gasteiger partial charge < -0.3 is 24.2 Å². The van der Waals surface area contributed by atoms with Gasteiger partial charge in [-0.3, -0.25) is 9.59 Å². The van der Waals surface area contributed by atoms with Crippen LogP contribution in [0.4, 0.5) is 4.39 Å². The van der Waals surface area contributed by atoms with Crippen molar-refractivity contribution in [3.63, 3.8) is 0 Å². The molecule has 1 aliphatic rings. The van der Waals surface area contributed by atoms with E-state index in [1.165, 1.54) is 30.2 Å². The average molecular weight is 540 g/mol. The highest BCUT2D eigenvalue weighted by Crippen LogP contribution is 2.40. The van der Waals surface area contributed by atoms with Crippen LogP contribution in [0, 0.1) is 5.82 Å². The molecule has 0 spiro atoms. The zero-order valence-corrected chi connectivity index (χ0v) is 21.7. The largest absolute Gasteiger partial charge is 0.507 e. The first-order valence-electron chi connectivity index (χ1n) is 12.0. The number of Topliss-reactive ketones (excluding diaryl/α,β-unsaturated/α-hetero) is 1. The van der Waals surface area contributed by atoms with Gasteiger partial charge in [0.25, 0.3) is 11.7 Å². The first-order chi connectivity index (χ1) is 18.3. The topological polar surface area (TPSA) is 85.3 Å². The Bertz CT molecular complexity index is 1340. The number of benzene rings is 3. The lowest BCUT2D eigenvalue weighted by atomic mass is 9.95. The van der Waals surface area contributed by atoms with E-state index in [0.717, 1.165) is 5.56 Å². The maximum atomic E-state index is 13.1. The normalized spacial score (nSPS) is 16.6. The van der Waals surface area contributed by atoms with Gasteiger partial charge in [-0.25, -0.2) is 4.39 Å². The number of likely N-dealkylation sites (tertiary alicyclic amines) is 1. The van der Waals surface area contributed by atoms with E-state index < -0.39 is 17.7 Å². The fraction of sp³-hybridized carbons (Fsp3) is 0.241. The Labute approximate surface area is 225 Å². The lowest BCUT2D eigenvalue weighted by Gasteiger charge is -2.25. The van der Waals surface area contributed by atoms with E-state index in [0.29, 0.717) is 34.3 Å². The molecule has 1 heterocycles. The van der Waals surface area contributed by atoms with Gasteiger partial charge in [0.2, 0.25) is 0 Å². The number of nitrogens with zero attached hydrogens (tertiary/aromatic N) is 1. The number of ether oxygens (including phenoxy) is 3. The number of halogens is 2. The summed E-state index contributed by atoms with van der Waals surface area (Å²) in [4.78, 5) is 27.5. The number of methoxy groups -OCH3 is 1. The molecule has 1 fully saturated rings. The molecule has 1 N–H and O–H groups in total. The predicted molar refractivity (Wildman–Crippen MR) is 141 cm³/mol. The van der Waals surface area contributed by atoms with Crippen molar-refractivity contribution in [1.82, 2.24) is 4.90 Å². The molecule has 1 amide bonds. The van der Waals surface area contributed by atoms with Crippen LogP contribution in [-0.2, 0) is 20.9 Å². The van der Waals surface area contributed by atoms with Gasteiger partial charge in [0.15, 0.2) is 0 Å². The van der Waals surface area contributed by atoms with Crippen LogP contribution in [0.25, 0.3) is 5.76 Å². The molecule has 3 aromatic rings. The molecule has 0 radical (unpaired) electrons. The summed E-state index contributed by atoms with van der Waals surface area (Å²) in [7, 11) is 1.50. The molecule has 38 heavy (non-hydrogen) atoms. The average Bonchev–Trinajstić information content (AvgIpc) is 3.17. The number of carbonyl (C=O) groups is 2. The van der Waals surface area contributed by atoms with E-state index >= 15 is 0 Å². The molecule has 0 bridgehead atoms. The summed E-state index contributed by atoms with van der Waals surface area (Å²) in [5, 5.41) is 11.6. The third-order valence-corrected chi connectivity index (χ3v) is 6.41. The van der Waals surface area contributed by atoms with Crippen LogP contribution in [0.1, 0.15) is 29.7 Å². The Morgan fingerprint density at radius 1 is 1.03 bits per heavy atom. The second-order valence-electron chi connectivity index (χ2n) is 8.55. The molecule has 9 heteroatoms. The molecule has 1 unspecified atom stereocenters. The summed E-state index contributed by atoms with van der Waals surface area (Å²) in [5.74, 6) is -1.28. The third kappa shape index (κ3) is 5.82. The van der Waals surface area contributed by atoms with E-state index in [9.17, 15) is 19.1 Å². The number of rotatable bonds is 10. The SMILES string of the molecule is CCOc1cc(/C(O)=C2/C(=O)C(=O)N(CCOC)C2c2ccc(OCc3ccc(F)cc3)cc2)ccc1Cl. The first-order valence-corrected chi connectivity index (χ1v) is 12.4. The van der Waals surface area contributed by atoms with Crippen molar-refractivity contribution in [2.45, 2.75) is 19.6 Å². The zero-order valence-electron chi connectivity index (χ0n) is 20.9. The summed E-state index contributed by atoms with van der Waals surface area (Å²) >= 11 is 6.19. The summed E-state index contributed by atoms with van der Waals surface area (Å²) in [6.07, 6.45) is 0. The fourth-order valence-electron chi connectivity index (χ4n) is 4.21. The van der Waals surface area contributed by atoms with Crippen molar-refractivity contribution in [1.29, 1.82) is 0 Å². The minimum absolute atomic E-state index is 0.0455.